The minimum Gasteiger partial charge on any atom is -0.394 e. The van der Waals surface area contributed by atoms with Crippen molar-refractivity contribution < 1.29 is 124 Å². The van der Waals surface area contributed by atoms with E-state index < -0.39 is 167 Å². The van der Waals surface area contributed by atoms with Crippen LogP contribution in [-0.2, 0) is 42.6 Å². The van der Waals surface area contributed by atoms with E-state index in [9.17, 15) is 81.7 Å². The van der Waals surface area contributed by atoms with E-state index in [4.69, 9.17) is 42.6 Å². The molecule has 5 aliphatic heterocycles. The first-order valence-corrected chi connectivity index (χ1v) is 27.5. The van der Waals surface area contributed by atoms with E-state index in [2.05, 4.69) is 20.8 Å². The number of ether oxygens (including phenoxy) is 9. The second-order valence-corrected chi connectivity index (χ2v) is 24.4. The highest BCUT2D eigenvalue weighted by molar-refractivity contribution is 5.16. The van der Waals surface area contributed by atoms with Crippen LogP contribution in [0.15, 0.2) is 0 Å². The van der Waals surface area contributed by atoms with Crippen molar-refractivity contribution in [1.82, 2.24) is 0 Å². The molecule has 0 radical (unpaired) electrons. The molecule has 5 saturated heterocycles. The summed E-state index contributed by atoms with van der Waals surface area (Å²) in [4.78, 5) is 0. The van der Waals surface area contributed by atoms with Gasteiger partial charge in [-0.05, 0) is 97.7 Å². The van der Waals surface area contributed by atoms with Crippen LogP contribution in [0.1, 0.15) is 85.5 Å². The molecule has 0 bridgehead atoms. The molecule has 0 spiro atoms. The second kappa shape index (κ2) is 23.3. The van der Waals surface area contributed by atoms with Crippen LogP contribution in [0.25, 0.3) is 0 Å². The van der Waals surface area contributed by atoms with Crippen molar-refractivity contribution in [2.45, 2.75) is 232 Å². The van der Waals surface area contributed by atoms with Gasteiger partial charge in [0.1, 0.15) is 97.7 Å². The van der Waals surface area contributed by atoms with E-state index in [1.165, 1.54) is 0 Å². The zero-order valence-electron chi connectivity index (χ0n) is 43.5. The summed E-state index contributed by atoms with van der Waals surface area (Å²) in [6.07, 6.45) is -28.2. The van der Waals surface area contributed by atoms with Gasteiger partial charge in [-0.2, -0.15) is 0 Å². The minimum absolute atomic E-state index is 0.0828. The molecule has 440 valence electrons. The maximum absolute atomic E-state index is 12.1. The molecule has 4 aliphatic carbocycles. The standard InChI is InChI=1S/C51H86O25/c1-19(18-68-45-40(64)36(60)33(57)28(14-52)70-45)5-10-51(67)20(2)32-27(76-51)13-24-22-12-26(56)25-11-21(6-8-49(25,3)23(22)7-9-50(24,32)4)69-46-42(66)39(63)43(31(17-55)73-46)74-48-44(38(62)35(59)30(16-54)72-48)75-47-41(65)37(61)34(58)29(15-53)71-47/h19-48,52-67H,5-18H2,1-4H3/t19-,20+,21+,22-,23+,24+,25-,26-,27+,28-,29-,30-,31-,32+,33-,34-,35-,36+,37+,38+,39-,40-,41-,42-,43+,44-,45-,46-,47+,48+,49-,50+,51?/m1/s1. The molecule has 0 amide bonds. The van der Waals surface area contributed by atoms with Crippen molar-refractivity contribution in [2.24, 2.45) is 52.3 Å². The highest BCUT2D eigenvalue weighted by atomic mass is 16.8. The summed E-state index contributed by atoms with van der Waals surface area (Å²) < 4.78 is 53.3. The Kier molecular flexibility index (Phi) is 18.3. The maximum atomic E-state index is 12.1. The molecule has 9 aliphatic rings. The fourth-order valence-corrected chi connectivity index (χ4v) is 15.7. The van der Waals surface area contributed by atoms with Crippen LogP contribution in [-0.4, -0.2) is 262 Å². The molecule has 0 aromatic rings. The molecule has 9 rings (SSSR count). The molecular weight excluding hydrogens is 1010 g/mol. The third kappa shape index (κ3) is 10.6. The van der Waals surface area contributed by atoms with Gasteiger partial charge >= 0.3 is 0 Å². The topological polar surface area (TPSA) is 407 Å². The molecule has 0 aromatic carbocycles. The average molecular weight is 1100 g/mol. The Morgan fingerprint density at radius 2 is 1.04 bits per heavy atom. The predicted molar refractivity (Wildman–Crippen MR) is 253 cm³/mol. The Hall–Kier alpha value is -1.00. The van der Waals surface area contributed by atoms with Crippen molar-refractivity contribution in [1.29, 1.82) is 0 Å². The second-order valence-electron chi connectivity index (χ2n) is 24.4. The largest absolute Gasteiger partial charge is 0.394 e. The predicted octanol–water partition coefficient (Wildman–Crippen LogP) is -4.98. The summed E-state index contributed by atoms with van der Waals surface area (Å²) in [6.45, 7) is 5.74. The molecule has 0 aromatic heterocycles. The van der Waals surface area contributed by atoms with Crippen LogP contribution in [0.4, 0.5) is 0 Å². The van der Waals surface area contributed by atoms with Gasteiger partial charge < -0.3 is 124 Å². The van der Waals surface area contributed by atoms with E-state index in [0.717, 1.165) is 19.3 Å². The average Bonchev–Trinajstić information content (AvgIpc) is 3.97. The van der Waals surface area contributed by atoms with Crippen molar-refractivity contribution >= 4 is 0 Å². The maximum Gasteiger partial charge on any atom is 0.187 e. The number of fused-ring (bicyclic) bond motifs is 7. The quantitative estimate of drug-likeness (QED) is 0.0644. The van der Waals surface area contributed by atoms with Gasteiger partial charge in [0.05, 0.1) is 51.3 Å². The molecule has 5 heterocycles. The molecule has 4 saturated carbocycles. The molecule has 1 unspecified atom stereocenters. The van der Waals surface area contributed by atoms with Crippen LogP contribution in [0.3, 0.4) is 0 Å². The highest BCUT2D eigenvalue weighted by Gasteiger charge is 2.69. The van der Waals surface area contributed by atoms with Crippen molar-refractivity contribution in [3.63, 3.8) is 0 Å². The Labute approximate surface area is 441 Å². The summed E-state index contributed by atoms with van der Waals surface area (Å²) in [5.41, 5.74) is -0.418. The first-order valence-electron chi connectivity index (χ1n) is 27.5. The number of aliphatic hydroxyl groups is 16. The monoisotopic (exact) mass is 1100 g/mol. The van der Waals surface area contributed by atoms with E-state index in [1.54, 1.807) is 0 Å². The lowest BCUT2D eigenvalue weighted by Crippen LogP contribution is -2.67. The van der Waals surface area contributed by atoms with Gasteiger partial charge in [0, 0.05) is 12.3 Å². The number of aliphatic hydroxyl groups excluding tert-OH is 15. The zero-order chi connectivity index (χ0) is 55.1. The van der Waals surface area contributed by atoms with Crippen LogP contribution in [0, 0.1) is 52.3 Å². The molecule has 16 N–H and O–H groups in total. The molecule has 33 atom stereocenters. The van der Waals surface area contributed by atoms with Crippen molar-refractivity contribution in [3.8, 4) is 0 Å². The Morgan fingerprint density at radius 3 is 1.67 bits per heavy atom. The van der Waals surface area contributed by atoms with E-state index >= 15 is 0 Å². The van der Waals surface area contributed by atoms with Crippen molar-refractivity contribution in [2.75, 3.05) is 33.0 Å². The lowest BCUT2D eigenvalue weighted by atomic mass is 9.43. The smallest absolute Gasteiger partial charge is 0.187 e. The van der Waals surface area contributed by atoms with Gasteiger partial charge in [-0.25, -0.2) is 0 Å². The van der Waals surface area contributed by atoms with E-state index in [1.807, 2.05) is 6.92 Å². The van der Waals surface area contributed by atoms with Crippen LogP contribution in [0.5, 0.6) is 0 Å². The van der Waals surface area contributed by atoms with Crippen LogP contribution < -0.4 is 0 Å². The lowest BCUT2D eigenvalue weighted by Gasteiger charge is -2.62. The number of hydrogen-bond acceptors (Lipinski definition) is 25. The number of hydrogen-bond donors (Lipinski definition) is 16. The fraction of sp³-hybridized carbons (Fsp3) is 1.00. The molecule has 9 fully saturated rings. The molecule has 25 heteroatoms. The Bertz CT molecular complexity index is 1910. The van der Waals surface area contributed by atoms with Gasteiger partial charge in [-0.1, -0.05) is 27.7 Å². The molecule has 76 heavy (non-hydrogen) atoms. The van der Waals surface area contributed by atoms with Gasteiger partial charge in [0.2, 0.25) is 0 Å². The van der Waals surface area contributed by atoms with Gasteiger partial charge in [0.25, 0.3) is 0 Å². The van der Waals surface area contributed by atoms with E-state index in [-0.39, 0.29) is 65.0 Å². The van der Waals surface area contributed by atoms with Gasteiger partial charge in [-0.3, -0.25) is 0 Å². The zero-order valence-corrected chi connectivity index (χ0v) is 43.5. The van der Waals surface area contributed by atoms with Crippen LogP contribution in [0.2, 0.25) is 0 Å². The van der Waals surface area contributed by atoms with Crippen LogP contribution >= 0.6 is 0 Å². The summed E-state index contributed by atoms with van der Waals surface area (Å²) in [5, 5.41) is 171. The van der Waals surface area contributed by atoms with Crippen molar-refractivity contribution in [3.05, 3.63) is 0 Å². The SMILES string of the molecule is C[C@H](CCC1(O)O[C@H]2C[C@H]3[C@@H]4C[C@@H](O)[C@H]5C[C@@H](O[C@@H]6O[C@H](CO)[C@H](O[C@@H]7O[C@H](CO)[C@@H](O)[C@H](O)[C@H]7O[C@@H]7O[C@H](CO)[C@@H](O)[C@H](O)[C@H]7O)[C@H](O)[C@H]6O)CC[C@]5(C)[C@H]4CC[C@]3(C)[C@H]2[C@@H]1C)CO[C@@H]1O[C@H](CO)[C@@H](O)[C@H](O)[C@H]1O. The number of rotatable bonds is 16. The molecule has 25 nitrogen and oxygen atoms in total. The normalized spacial score (nSPS) is 55.8. The summed E-state index contributed by atoms with van der Waals surface area (Å²) >= 11 is 0. The first-order chi connectivity index (χ1) is 35.9. The third-order valence-corrected chi connectivity index (χ3v) is 20.1. The van der Waals surface area contributed by atoms with E-state index in [0.29, 0.717) is 38.5 Å². The Balaban J connectivity index is 0.797. The minimum atomic E-state index is -1.93. The first kappa shape index (κ1) is 59.6. The van der Waals surface area contributed by atoms with Gasteiger partial charge in [-0.15, -0.1) is 0 Å². The summed E-state index contributed by atoms with van der Waals surface area (Å²) in [5.74, 6) is -1.03. The summed E-state index contributed by atoms with van der Waals surface area (Å²) in [6, 6.07) is 0. The van der Waals surface area contributed by atoms with Gasteiger partial charge in [0.15, 0.2) is 30.9 Å². The fourth-order valence-electron chi connectivity index (χ4n) is 15.7. The lowest BCUT2D eigenvalue weighted by molar-refractivity contribution is -0.390. The molecular formula is C51H86O25. The third-order valence-electron chi connectivity index (χ3n) is 20.1. The Morgan fingerprint density at radius 1 is 0.526 bits per heavy atom. The summed E-state index contributed by atoms with van der Waals surface area (Å²) in [7, 11) is 0. The highest BCUT2D eigenvalue weighted by Crippen LogP contribution is 2.71.